The number of H-pyrrole nitrogens is 2. The lowest BCUT2D eigenvalue weighted by molar-refractivity contribution is 0.0933. The van der Waals surface area contributed by atoms with Crippen LogP contribution < -0.4 is 16.4 Å². The molecular formula is C19H18N4O3. The SMILES string of the molecule is Cc1cc(=O)[nH]c2cc(C(=O)NC3CCc4n[nH]c(=O)cc4C3)ccc12. The molecule has 1 atom stereocenters. The summed E-state index contributed by atoms with van der Waals surface area (Å²) in [6, 6.07) is 8.33. The highest BCUT2D eigenvalue weighted by molar-refractivity contribution is 5.98. The summed E-state index contributed by atoms with van der Waals surface area (Å²) in [5.74, 6) is -0.194. The number of aromatic nitrogens is 3. The van der Waals surface area contributed by atoms with Crippen LogP contribution in [0.25, 0.3) is 10.9 Å². The third-order valence-electron chi connectivity index (χ3n) is 4.82. The number of hydrogen-bond donors (Lipinski definition) is 3. The number of pyridine rings is 1. The maximum Gasteiger partial charge on any atom is 0.264 e. The number of fused-ring (bicyclic) bond motifs is 2. The van der Waals surface area contributed by atoms with Gasteiger partial charge in [0.1, 0.15) is 0 Å². The quantitative estimate of drug-likeness (QED) is 0.645. The topological polar surface area (TPSA) is 108 Å². The van der Waals surface area contributed by atoms with Crippen LogP contribution in [0.1, 0.15) is 33.6 Å². The molecule has 1 amide bonds. The average Bonchev–Trinajstić information content (AvgIpc) is 2.60. The van der Waals surface area contributed by atoms with Gasteiger partial charge in [0.15, 0.2) is 0 Å². The van der Waals surface area contributed by atoms with Crippen LogP contribution in [0.5, 0.6) is 0 Å². The summed E-state index contributed by atoms with van der Waals surface area (Å²) in [4.78, 5) is 38.5. The second-order valence-corrected chi connectivity index (χ2v) is 6.69. The van der Waals surface area contributed by atoms with Gasteiger partial charge in [-0.3, -0.25) is 14.4 Å². The van der Waals surface area contributed by atoms with Crippen LogP contribution in [0.3, 0.4) is 0 Å². The molecular weight excluding hydrogens is 332 g/mol. The number of amides is 1. The first-order valence-corrected chi connectivity index (χ1v) is 8.51. The van der Waals surface area contributed by atoms with Crippen molar-refractivity contribution in [2.24, 2.45) is 0 Å². The normalized spacial score (nSPS) is 16.3. The highest BCUT2D eigenvalue weighted by Crippen LogP contribution is 2.19. The Morgan fingerprint density at radius 3 is 2.88 bits per heavy atom. The molecule has 0 spiro atoms. The molecule has 0 saturated heterocycles. The van der Waals surface area contributed by atoms with Crippen molar-refractivity contribution in [3.8, 4) is 0 Å². The molecule has 0 aliphatic heterocycles. The summed E-state index contributed by atoms with van der Waals surface area (Å²) in [5.41, 5.74) is 3.36. The van der Waals surface area contributed by atoms with Crippen molar-refractivity contribution in [3.63, 3.8) is 0 Å². The van der Waals surface area contributed by atoms with E-state index in [2.05, 4.69) is 20.5 Å². The molecule has 26 heavy (non-hydrogen) atoms. The molecule has 3 N–H and O–H groups in total. The number of nitrogens with one attached hydrogen (secondary N) is 3. The zero-order valence-corrected chi connectivity index (χ0v) is 14.3. The lowest BCUT2D eigenvalue weighted by atomic mass is 9.92. The highest BCUT2D eigenvalue weighted by Gasteiger charge is 2.22. The molecule has 7 nitrogen and oxygen atoms in total. The van der Waals surface area contributed by atoms with E-state index in [1.165, 1.54) is 6.07 Å². The fourth-order valence-electron chi connectivity index (χ4n) is 3.51. The van der Waals surface area contributed by atoms with Crippen molar-refractivity contribution >= 4 is 16.8 Å². The van der Waals surface area contributed by atoms with Gasteiger partial charge in [-0.1, -0.05) is 6.07 Å². The summed E-state index contributed by atoms with van der Waals surface area (Å²) in [6.07, 6.45) is 2.06. The van der Waals surface area contributed by atoms with Gasteiger partial charge in [0.25, 0.3) is 11.5 Å². The van der Waals surface area contributed by atoms with Gasteiger partial charge in [-0.05, 0) is 49.4 Å². The molecule has 0 bridgehead atoms. The van der Waals surface area contributed by atoms with Crippen LogP contribution in [0.2, 0.25) is 0 Å². The minimum Gasteiger partial charge on any atom is -0.349 e. The Morgan fingerprint density at radius 2 is 2.04 bits per heavy atom. The lowest BCUT2D eigenvalue weighted by Gasteiger charge is -2.24. The molecule has 1 aliphatic carbocycles. The Bertz CT molecular complexity index is 1130. The summed E-state index contributed by atoms with van der Waals surface area (Å²) in [5, 5.41) is 10.4. The van der Waals surface area contributed by atoms with Gasteiger partial charge in [0, 0.05) is 34.6 Å². The van der Waals surface area contributed by atoms with Gasteiger partial charge in [-0.25, -0.2) is 5.10 Å². The Morgan fingerprint density at radius 1 is 1.19 bits per heavy atom. The molecule has 7 heteroatoms. The van der Waals surface area contributed by atoms with Crippen molar-refractivity contribution in [1.29, 1.82) is 0 Å². The first-order valence-electron chi connectivity index (χ1n) is 8.51. The van der Waals surface area contributed by atoms with Gasteiger partial charge < -0.3 is 10.3 Å². The number of benzene rings is 1. The van der Waals surface area contributed by atoms with E-state index in [1.54, 1.807) is 18.2 Å². The van der Waals surface area contributed by atoms with E-state index in [4.69, 9.17) is 0 Å². The summed E-state index contributed by atoms with van der Waals surface area (Å²) >= 11 is 0. The fourth-order valence-corrected chi connectivity index (χ4v) is 3.51. The lowest BCUT2D eigenvalue weighted by Crippen LogP contribution is -2.39. The predicted molar refractivity (Wildman–Crippen MR) is 97.4 cm³/mol. The number of carbonyl (C=O) groups excluding carboxylic acids is 1. The highest BCUT2D eigenvalue weighted by atomic mass is 16.2. The number of hydrogen-bond acceptors (Lipinski definition) is 4. The standard InChI is InChI=1S/C19H18N4O3/c1-10-6-17(24)21-16-8-11(2-4-14(10)16)19(26)20-13-3-5-15-12(7-13)9-18(25)23-22-15/h2,4,6,8-9,13H,3,5,7H2,1H3,(H,20,26)(H,21,24)(H,23,25). The van der Waals surface area contributed by atoms with E-state index in [0.717, 1.165) is 28.6 Å². The molecule has 2 aromatic heterocycles. The predicted octanol–water partition coefficient (Wildman–Crippen LogP) is 1.21. The van der Waals surface area contributed by atoms with Crippen LogP contribution in [0.4, 0.5) is 0 Å². The van der Waals surface area contributed by atoms with Crippen molar-refractivity contribution in [1.82, 2.24) is 20.5 Å². The van der Waals surface area contributed by atoms with E-state index in [9.17, 15) is 14.4 Å². The van der Waals surface area contributed by atoms with E-state index in [-0.39, 0.29) is 23.1 Å². The summed E-state index contributed by atoms with van der Waals surface area (Å²) in [6.45, 7) is 1.87. The third-order valence-corrected chi connectivity index (χ3v) is 4.82. The Labute approximate surface area is 148 Å². The van der Waals surface area contributed by atoms with Gasteiger partial charge in [-0.2, -0.15) is 5.10 Å². The van der Waals surface area contributed by atoms with Gasteiger partial charge >= 0.3 is 0 Å². The molecule has 0 saturated carbocycles. The third kappa shape index (κ3) is 3.03. The van der Waals surface area contributed by atoms with Crippen LogP contribution in [-0.4, -0.2) is 27.1 Å². The molecule has 1 aromatic carbocycles. The fraction of sp³-hybridized carbons (Fsp3) is 0.263. The maximum atomic E-state index is 12.6. The minimum absolute atomic E-state index is 0.0501. The number of rotatable bonds is 2. The first kappa shape index (κ1) is 16.3. The molecule has 1 unspecified atom stereocenters. The van der Waals surface area contributed by atoms with Crippen LogP contribution in [0.15, 0.2) is 39.9 Å². The smallest absolute Gasteiger partial charge is 0.264 e. The van der Waals surface area contributed by atoms with Crippen molar-refractivity contribution < 1.29 is 4.79 Å². The van der Waals surface area contributed by atoms with Crippen molar-refractivity contribution in [3.05, 3.63) is 73.4 Å². The Hall–Kier alpha value is -3.22. The summed E-state index contributed by atoms with van der Waals surface area (Å²) < 4.78 is 0. The zero-order chi connectivity index (χ0) is 18.3. The molecule has 2 heterocycles. The molecule has 132 valence electrons. The largest absolute Gasteiger partial charge is 0.349 e. The van der Waals surface area contributed by atoms with Crippen LogP contribution in [0, 0.1) is 6.92 Å². The first-order chi connectivity index (χ1) is 12.5. The maximum absolute atomic E-state index is 12.6. The van der Waals surface area contributed by atoms with E-state index in [0.29, 0.717) is 23.9 Å². The summed E-state index contributed by atoms with van der Waals surface area (Å²) in [7, 11) is 0. The molecule has 3 aromatic rings. The van der Waals surface area contributed by atoms with E-state index < -0.39 is 0 Å². The second kappa shape index (κ2) is 6.25. The molecule has 1 aliphatic rings. The monoisotopic (exact) mass is 350 g/mol. The minimum atomic E-state index is -0.232. The van der Waals surface area contributed by atoms with Gasteiger partial charge in [0.05, 0.1) is 5.69 Å². The van der Waals surface area contributed by atoms with Crippen LogP contribution in [-0.2, 0) is 12.8 Å². The van der Waals surface area contributed by atoms with E-state index in [1.807, 2.05) is 13.0 Å². The van der Waals surface area contributed by atoms with Crippen molar-refractivity contribution in [2.45, 2.75) is 32.2 Å². The Kier molecular flexibility index (Phi) is 3.91. The van der Waals surface area contributed by atoms with Crippen LogP contribution >= 0.6 is 0 Å². The van der Waals surface area contributed by atoms with Crippen molar-refractivity contribution in [2.75, 3.05) is 0 Å². The average molecular weight is 350 g/mol. The second-order valence-electron chi connectivity index (χ2n) is 6.69. The number of aryl methyl sites for hydroxylation is 2. The number of carbonyl (C=O) groups is 1. The van der Waals surface area contributed by atoms with E-state index >= 15 is 0 Å². The Balaban J connectivity index is 1.56. The molecule has 0 radical (unpaired) electrons. The zero-order valence-electron chi connectivity index (χ0n) is 14.3. The number of nitrogens with zero attached hydrogens (tertiary/aromatic N) is 1. The van der Waals surface area contributed by atoms with Gasteiger partial charge in [-0.15, -0.1) is 0 Å². The van der Waals surface area contributed by atoms with Gasteiger partial charge in [0.2, 0.25) is 5.56 Å². The molecule has 4 rings (SSSR count). The molecule has 0 fully saturated rings. The number of aromatic amines is 2.